The highest BCUT2D eigenvalue weighted by atomic mass is 16.5. The smallest absolute Gasteiger partial charge is 0.241 e. The maximum Gasteiger partial charge on any atom is 0.241 e. The third-order valence-electron chi connectivity index (χ3n) is 4.12. The van der Waals surface area contributed by atoms with Gasteiger partial charge in [0.1, 0.15) is 18.9 Å². The molecule has 3 aromatic rings. The van der Waals surface area contributed by atoms with Gasteiger partial charge in [0.2, 0.25) is 11.7 Å². The molecule has 8 heteroatoms. The lowest BCUT2D eigenvalue weighted by Crippen LogP contribution is -2.36. The average Bonchev–Trinajstić information content (AvgIpc) is 3.30. The van der Waals surface area contributed by atoms with E-state index < -0.39 is 0 Å². The van der Waals surface area contributed by atoms with E-state index in [1.165, 1.54) is 12.8 Å². The van der Waals surface area contributed by atoms with Gasteiger partial charge in [-0.2, -0.15) is 10.1 Å². The molecular weight excluding hydrogens is 296 g/mol. The fourth-order valence-electron chi connectivity index (χ4n) is 3.05. The van der Waals surface area contributed by atoms with E-state index >= 15 is 0 Å². The van der Waals surface area contributed by atoms with E-state index in [-0.39, 0.29) is 0 Å². The first-order valence-electron chi connectivity index (χ1n) is 7.77. The average molecular weight is 314 g/mol. The Kier molecular flexibility index (Phi) is 3.89. The van der Waals surface area contributed by atoms with Crippen molar-refractivity contribution in [3.8, 4) is 11.4 Å². The molecule has 0 amide bonds. The lowest BCUT2D eigenvalue weighted by Gasteiger charge is -2.31. The molecule has 0 spiro atoms. The van der Waals surface area contributed by atoms with Gasteiger partial charge in [-0.1, -0.05) is 5.16 Å². The maximum absolute atomic E-state index is 5.36. The molecule has 0 aliphatic carbocycles. The van der Waals surface area contributed by atoms with Crippen molar-refractivity contribution in [1.82, 2.24) is 29.8 Å². The van der Waals surface area contributed by atoms with Crippen LogP contribution in [0, 0.1) is 5.92 Å². The zero-order valence-corrected chi connectivity index (χ0v) is 12.7. The number of aromatic nitrogens is 5. The summed E-state index contributed by atoms with van der Waals surface area (Å²) in [6.07, 6.45) is 8.95. The van der Waals surface area contributed by atoms with Crippen LogP contribution < -0.4 is 0 Å². The van der Waals surface area contributed by atoms with Crippen molar-refractivity contribution in [1.29, 1.82) is 0 Å². The molecule has 0 bridgehead atoms. The van der Waals surface area contributed by atoms with E-state index in [4.69, 9.17) is 8.94 Å². The number of nitrogens with zero attached hydrogens (tertiary/aromatic N) is 6. The minimum absolute atomic E-state index is 0.571. The molecular formula is C15H18N6O2. The monoisotopic (exact) mass is 314 g/mol. The second kappa shape index (κ2) is 6.33. The van der Waals surface area contributed by atoms with Gasteiger partial charge in [0.25, 0.3) is 0 Å². The van der Waals surface area contributed by atoms with E-state index in [0.717, 1.165) is 25.2 Å². The van der Waals surface area contributed by atoms with E-state index in [2.05, 4.69) is 25.1 Å². The van der Waals surface area contributed by atoms with Crippen molar-refractivity contribution in [2.45, 2.75) is 25.9 Å². The Morgan fingerprint density at radius 3 is 3.17 bits per heavy atom. The van der Waals surface area contributed by atoms with Crippen LogP contribution in [-0.4, -0.2) is 42.9 Å². The van der Waals surface area contributed by atoms with Crippen LogP contribution in [0.15, 0.2) is 40.2 Å². The third kappa shape index (κ3) is 3.31. The molecule has 1 saturated heterocycles. The number of rotatable bonds is 5. The summed E-state index contributed by atoms with van der Waals surface area (Å²) in [5, 5.41) is 8.20. The highest BCUT2D eigenvalue weighted by Gasteiger charge is 2.22. The molecule has 4 rings (SSSR count). The number of hydrogen-bond donors (Lipinski definition) is 0. The van der Waals surface area contributed by atoms with Crippen LogP contribution in [0.5, 0.6) is 0 Å². The van der Waals surface area contributed by atoms with E-state index in [1.807, 2.05) is 10.7 Å². The Bertz CT molecular complexity index is 721. The highest BCUT2D eigenvalue weighted by Crippen LogP contribution is 2.21. The van der Waals surface area contributed by atoms with Crippen LogP contribution >= 0.6 is 0 Å². The molecule has 0 saturated carbocycles. The standard InChI is InChI=1S/C15H18N6O2/c1-2-12(7-21-11-16-10-17-21)6-20(4-1)8-14-18-15(19-23-14)13-3-5-22-9-13/h3,5,9-12H,1-2,4,6-8H2/t12-/m1/s1. The van der Waals surface area contributed by atoms with Gasteiger partial charge in [-0.05, 0) is 31.4 Å². The summed E-state index contributed by atoms with van der Waals surface area (Å²) in [4.78, 5) is 10.8. The van der Waals surface area contributed by atoms with Gasteiger partial charge in [-0.15, -0.1) is 0 Å². The lowest BCUT2D eigenvalue weighted by molar-refractivity contribution is 0.138. The molecule has 1 fully saturated rings. The first-order chi connectivity index (χ1) is 11.4. The van der Waals surface area contributed by atoms with E-state index in [0.29, 0.717) is 24.2 Å². The van der Waals surface area contributed by atoms with Crippen molar-refractivity contribution in [3.05, 3.63) is 37.1 Å². The topological polar surface area (TPSA) is 86.0 Å². The normalized spacial score (nSPS) is 19.2. The van der Waals surface area contributed by atoms with Crippen LogP contribution in [0.4, 0.5) is 0 Å². The number of piperidine rings is 1. The van der Waals surface area contributed by atoms with Crippen molar-refractivity contribution < 1.29 is 8.94 Å². The molecule has 4 heterocycles. The zero-order valence-electron chi connectivity index (χ0n) is 12.7. The summed E-state index contributed by atoms with van der Waals surface area (Å²) in [6.45, 7) is 3.64. The third-order valence-corrected chi connectivity index (χ3v) is 4.12. The van der Waals surface area contributed by atoms with Crippen molar-refractivity contribution in [3.63, 3.8) is 0 Å². The number of likely N-dealkylation sites (tertiary alicyclic amines) is 1. The Hall–Kier alpha value is -2.48. The summed E-state index contributed by atoms with van der Waals surface area (Å²) in [6, 6.07) is 1.82. The highest BCUT2D eigenvalue weighted by molar-refractivity contribution is 5.51. The molecule has 8 nitrogen and oxygen atoms in total. The van der Waals surface area contributed by atoms with E-state index in [9.17, 15) is 0 Å². The van der Waals surface area contributed by atoms with Crippen molar-refractivity contribution in [2.75, 3.05) is 13.1 Å². The molecule has 120 valence electrons. The first kappa shape index (κ1) is 14.1. The van der Waals surface area contributed by atoms with Gasteiger partial charge >= 0.3 is 0 Å². The molecule has 23 heavy (non-hydrogen) atoms. The molecule has 0 radical (unpaired) electrons. The SMILES string of the molecule is c1ncn(C[C@@H]2CCCN(Cc3nc(-c4ccoc4)no3)C2)n1. The first-order valence-corrected chi connectivity index (χ1v) is 7.77. The van der Waals surface area contributed by atoms with Gasteiger partial charge in [-0.25, -0.2) is 4.98 Å². The Morgan fingerprint density at radius 2 is 2.35 bits per heavy atom. The fourth-order valence-corrected chi connectivity index (χ4v) is 3.05. The maximum atomic E-state index is 5.36. The number of hydrogen-bond acceptors (Lipinski definition) is 7. The minimum Gasteiger partial charge on any atom is -0.472 e. The molecule has 0 unspecified atom stereocenters. The Labute approximate surface area is 133 Å². The summed E-state index contributed by atoms with van der Waals surface area (Å²) in [5.41, 5.74) is 0.836. The van der Waals surface area contributed by atoms with Crippen LogP contribution in [-0.2, 0) is 13.1 Å². The summed E-state index contributed by atoms with van der Waals surface area (Å²) >= 11 is 0. The fraction of sp³-hybridized carbons (Fsp3) is 0.467. The van der Waals surface area contributed by atoms with E-state index in [1.54, 1.807) is 25.2 Å². The second-order valence-electron chi connectivity index (χ2n) is 5.88. The van der Waals surface area contributed by atoms with Crippen LogP contribution in [0.3, 0.4) is 0 Å². The van der Waals surface area contributed by atoms with Gasteiger partial charge in [-0.3, -0.25) is 9.58 Å². The predicted octanol–water partition coefficient (Wildman–Crippen LogP) is 1.83. The predicted molar refractivity (Wildman–Crippen MR) is 80.0 cm³/mol. The van der Waals surface area contributed by atoms with Crippen LogP contribution in [0.25, 0.3) is 11.4 Å². The van der Waals surface area contributed by atoms with Crippen molar-refractivity contribution in [2.24, 2.45) is 5.92 Å². The van der Waals surface area contributed by atoms with Gasteiger partial charge < -0.3 is 8.94 Å². The molecule has 1 atom stereocenters. The largest absolute Gasteiger partial charge is 0.472 e. The molecule has 0 N–H and O–H groups in total. The second-order valence-corrected chi connectivity index (χ2v) is 5.88. The van der Waals surface area contributed by atoms with Crippen LogP contribution in [0.1, 0.15) is 18.7 Å². The van der Waals surface area contributed by atoms with Gasteiger partial charge in [0.15, 0.2) is 0 Å². The molecule has 1 aliphatic rings. The minimum atomic E-state index is 0.571. The summed E-state index contributed by atoms with van der Waals surface area (Å²) < 4.78 is 12.3. The van der Waals surface area contributed by atoms with Crippen LogP contribution in [0.2, 0.25) is 0 Å². The molecule has 1 aliphatic heterocycles. The Morgan fingerprint density at radius 1 is 1.35 bits per heavy atom. The van der Waals surface area contributed by atoms with Crippen molar-refractivity contribution >= 4 is 0 Å². The quantitative estimate of drug-likeness (QED) is 0.710. The molecule has 3 aromatic heterocycles. The lowest BCUT2D eigenvalue weighted by atomic mass is 9.98. The Balaban J connectivity index is 1.37. The van der Waals surface area contributed by atoms with Gasteiger partial charge in [0, 0.05) is 13.1 Å². The zero-order chi connectivity index (χ0) is 15.5. The summed E-state index contributed by atoms with van der Waals surface area (Å²) in [5.74, 6) is 1.79. The van der Waals surface area contributed by atoms with Gasteiger partial charge in [0.05, 0.1) is 18.4 Å². The number of furan rings is 1. The molecule has 0 aromatic carbocycles. The summed E-state index contributed by atoms with van der Waals surface area (Å²) in [7, 11) is 0.